The molecule has 0 spiro atoms. The quantitative estimate of drug-likeness (QED) is 0.320. The summed E-state index contributed by atoms with van der Waals surface area (Å²) in [5.41, 5.74) is 6.16. The number of hydrogen-bond acceptors (Lipinski definition) is 8. The number of esters is 1. The maximum absolute atomic E-state index is 13.1. The standard InChI is InChI=1S/C21H25N5O5S/c1-6-26-14-9-8-12(19(29)31-7-2)10-13(14)23-20(26)32-11(3)16(27)15-17(22)24(4)21(30)25(5)18(15)28/h8-11H,6-7,22H2,1-5H3. The van der Waals surface area contributed by atoms with Gasteiger partial charge in [0, 0.05) is 20.6 Å². The first-order valence-corrected chi connectivity index (χ1v) is 10.9. The molecule has 0 aliphatic rings. The summed E-state index contributed by atoms with van der Waals surface area (Å²) in [5.74, 6) is -1.09. The number of anilines is 1. The minimum Gasteiger partial charge on any atom is -0.462 e. The maximum Gasteiger partial charge on any atom is 0.338 e. The molecule has 32 heavy (non-hydrogen) atoms. The Balaban J connectivity index is 1.99. The molecule has 0 saturated heterocycles. The molecule has 2 N–H and O–H groups in total. The first kappa shape index (κ1) is 23.3. The van der Waals surface area contributed by atoms with Gasteiger partial charge < -0.3 is 15.0 Å². The maximum atomic E-state index is 13.1. The molecule has 1 unspecified atom stereocenters. The van der Waals surface area contributed by atoms with Gasteiger partial charge in [-0.15, -0.1) is 0 Å². The molecule has 2 aromatic heterocycles. The molecule has 0 fully saturated rings. The number of benzene rings is 1. The van der Waals surface area contributed by atoms with Crippen LogP contribution >= 0.6 is 11.8 Å². The van der Waals surface area contributed by atoms with Crippen LogP contribution < -0.4 is 17.0 Å². The lowest BCUT2D eigenvalue weighted by molar-refractivity contribution is 0.0526. The van der Waals surface area contributed by atoms with E-state index in [9.17, 15) is 19.2 Å². The molecule has 0 radical (unpaired) electrons. The van der Waals surface area contributed by atoms with Gasteiger partial charge in [-0.25, -0.2) is 14.6 Å². The predicted octanol–water partition coefficient (Wildman–Crippen LogP) is 1.58. The van der Waals surface area contributed by atoms with E-state index in [0.717, 1.165) is 14.7 Å². The molecule has 0 amide bonds. The van der Waals surface area contributed by atoms with Crippen molar-refractivity contribution in [3.8, 4) is 0 Å². The highest BCUT2D eigenvalue weighted by molar-refractivity contribution is 8.00. The summed E-state index contributed by atoms with van der Waals surface area (Å²) in [6, 6.07) is 5.11. The van der Waals surface area contributed by atoms with Gasteiger partial charge in [0.25, 0.3) is 5.56 Å². The van der Waals surface area contributed by atoms with Gasteiger partial charge in [0.2, 0.25) is 0 Å². The molecular weight excluding hydrogens is 434 g/mol. The van der Waals surface area contributed by atoms with Crippen molar-refractivity contribution < 1.29 is 14.3 Å². The topological polar surface area (TPSA) is 131 Å². The van der Waals surface area contributed by atoms with Crippen molar-refractivity contribution in [2.24, 2.45) is 14.1 Å². The Kier molecular flexibility index (Phi) is 6.58. The largest absolute Gasteiger partial charge is 0.462 e. The van der Waals surface area contributed by atoms with Crippen LogP contribution in [0, 0.1) is 0 Å². The summed E-state index contributed by atoms with van der Waals surface area (Å²) in [6.07, 6.45) is 0. The van der Waals surface area contributed by atoms with Crippen molar-refractivity contribution in [2.75, 3.05) is 12.3 Å². The molecule has 3 rings (SSSR count). The normalized spacial score (nSPS) is 12.2. The van der Waals surface area contributed by atoms with Crippen LogP contribution in [0.3, 0.4) is 0 Å². The lowest BCUT2D eigenvalue weighted by Gasteiger charge is -2.14. The van der Waals surface area contributed by atoms with Gasteiger partial charge >= 0.3 is 11.7 Å². The van der Waals surface area contributed by atoms with Crippen molar-refractivity contribution in [3.05, 3.63) is 50.2 Å². The lowest BCUT2D eigenvalue weighted by atomic mass is 10.1. The average Bonchev–Trinajstić information content (AvgIpc) is 3.12. The highest BCUT2D eigenvalue weighted by atomic mass is 32.2. The van der Waals surface area contributed by atoms with E-state index >= 15 is 0 Å². The van der Waals surface area contributed by atoms with E-state index in [4.69, 9.17) is 10.5 Å². The number of nitrogen functional groups attached to an aromatic ring is 1. The van der Waals surface area contributed by atoms with Gasteiger partial charge in [-0.05, 0) is 39.0 Å². The number of ether oxygens (including phenoxy) is 1. The third kappa shape index (κ3) is 3.95. The van der Waals surface area contributed by atoms with E-state index in [1.807, 2.05) is 11.5 Å². The summed E-state index contributed by atoms with van der Waals surface area (Å²) in [4.78, 5) is 54.3. The first-order chi connectivity index (χ1) is 15.1. The predicted molar refractivity (Wildman–Crippen MR) is 122 cm³/mol. The van der Waals surface area contributed by atoms with Crippen LogP contribution in [-0.2, 0) is 25.4 Å². The van der Waals surface area contributed by atoms with Crippen molar-refractivity contribution in [3.63, 3.8) is 0 Å². The van der Waals surface area contributed by atoms with Gasteiger partial charge in [-0.3, -0.25) is 18.7 Å². The minimum atomic E-state index is -0.730. The van der Waals surface area contributed by atoms with Crippen LogP contribution in [0.5, 0.6) is 0 Å². The highest BCUT2D eigenvalue weighted by Gasteiger charge is 2.27. The Hall–Kier alpha value is -3.34. The second-order valence-electron chi connectivity index (χ2n) is 7.15. The van der Waals surface area contributed by atoms with Crippen LogP contribution in [0.2, 0.25) is 0 Å². The summed E-state index contributed by atoms with van der Waals surface area (Å²) >= 11 is 1.18. The van der Waals surface area contributed by atoms with Crippen molar-refractivity contribution in [1.82, 2.24) is 18.7 Å². The Bertz CT molecular complexity index is 1340. The summed E-state index contributed by atoms with van der Waals surface area (Å²) in [6.45, 7) is 6.19. The molecule has 0 aliphatic heterocycles. The number of thioether (sulfide) groups is 1. The Morgan fingerprint density at radius 2 is 1.88 bits per heavy atom. The fraction of sp³-hybridized carbons (Fsp3) is 0.381. The molecule has 3 aromatic rings. The number of nitrogens with zero attached hydrogens (tertiary/aromatic N) is 4. The van der Waals surface area contributed by atoms with Crippen LogP contribution in [0.4, 0.5) is 5.82 Å². The third-order valence-electron chi connectivity index (χ3n) is 5.15. The number of carbonyl (C=O) groups is 2. The SMILES string of the molecule is CCOC(=O)c1ccc2c(c1)nc(SC(C)C(=O)c1c(N)n(C)c(=O)n(C)c1=O)n2CC. The molecule has 1 atom stereocenters. The summed E-state index contributed by atoms with van der Waals surface area (Å²) < 4.78 is 8.90. The smallest absolute Gasteiger partial charge is 0.338 e. The molecule has 11 heteroatoms. The summed E-state index contributed by atoms with van der Waals surface area (Å²) in [7, 11) is 2.71. The number of imidazole rings is 1. The number of Topliss-reactive ketones (excluding diaryl/α,β-unsaturated/α-hetero) is 1. The summed E-state index contributed by atoms with van der Waals surface area (Å²) in [5, 5.41) is -0.140. The molecule has 2 heterocycles. The molecule has 170 valence electrons. The minimum absolute atomic E-state index is 0.168. The van der Waals surface area contributed by atoms with E-state index in [1.165, 1.54) is 25.9 Å². The van der Waals surface area contributed by atoms with Crippen LogP contribution in [0.15, 0.2) is 32.9 Å². The zero-order valence-corrected chi connectivity index (χ0v) is 19.4. The monoisotopic (exact) mass is 459 g/mol. The van der Waals surface area contributed by atoms with Gasteiger partial charge in [0.15, 0.2) is 10.9 Å². The van der Waals surface area contributed by atoms with Gasteiger partial charge in [0.1, 0.15) is 11.4 Å². The van der Waals surface area contributed by atoms with Crippen molar-refractivity contribution >= 4 is 40.4 Å². The van der Waals surface area contributed by atoms with E-state index < -0.39 is 28.3 Å². The number of aromatic nitrogens is 4. The molecule has 0 aliphatic carbocycles. The number of carbonyl (C=O) groups excluding carboxylic acids is 2. The number of aryl methyl sites for hydroxylation is 1. The molecule has 1 aromatic carbocycles. The van der Waals surface area contributed by atoms with Crippen LogP contribution in [0.25, 0.3) is 11.0 Å². The van der Waals surface area contributed by atoms with Crippen molar-refractivity contribution in [2.45, 2.75) is 37.7 Å². The fourth-order valence-electron chi connectivity index (χ4n) is 3.35. The zero-order chi connectivity index (χ0) is 23.7. The molecule has 10 nitrogen and oxygen atoms in total. The second-order valence-corrected chi connectivity index (χ2v) is 8.46. The molecule has 0 bridgehead atoms. The van der Waals surface area contributed by atoms with E-state index in [-0.39, 0.29) is 18.0 Å². The lowest BCUT2D eigenvalue weighted by Crippen LogP contribution is -2.42. The first-order valence-electron chi connectivity index (χ1n) is 10.1. The van der Waals surface area contributed by atoms with Gasteiger partial charge in [-0.1, -0.05) is 11.8 Å². The highest BCUT2D eigenvalue weighted by Crippen LogP contribution is 2.29. The third-order valence-corrected chi connectivity index (χ3v) is 6.24. The zero-order valence-electron chi connectivity index (χ0n) is 18.5. The van der Waals surface area contributed by atoms with Crippen LogP contribution in [0.1, 0.15) is 41.5 Å². The number of hydrogen-bond donors (Lipinski definition) is 1. The molecular formula is C21H25N5O5S. The van der Waals surface area contributed by atoms with Crippen molar-refractivity contribution in [1.29, 1.82) is 0 Å². The molecule has 0 saturated carbocycles. The average molecular weight is 460 g/mol. The Morgan fingerprint density at radius 3 is 2.50 bits per heavy atom. The van der Waals surface area contributed by atoms with Gasteiger partial charge in [0.05, 0.1) is 28.5 Å². The van der Waals surface area contributed by atoms with E-state index in [1.54, 1.807) is 32.0 Å². The fourth-order valence-corrected chi connectivity index (χ4v) is 4.40. The van der Waals surface area contributed by atoms with E-state index in [2.05, 4.69) is 4.98 Å². The number of fused-ring (bicyclic) bond motifs is 1. The second kappa shape index (κ2) is 9.03. The number of rotatable bonds is 7. The number of nitrogens with two attached hydrogens (primary N) is 1. The van der Waals surface area contributed by atoms with E-state index in [0.29, 0.717) is 22.8 Å². The van der Waals surface area contributed by atoms with Crippen LogP contribution in [-0.4, -0.2) is 42.3 Å². The Morgan fingerprint density at radius 1 is 1.19 bits per heavy atom. The number of ketones is 1. The van der Waals surface area contributed by atoms with Gasteiger partial charge in [-0.2, -0.15) is 0 Å². The Labute approximate surface area is 188 Å².